The highest BCUT2D eigenvalue weighted by molar-refractivity contribution is 5.82. The van der Waals surface area contributed by atoms with Crippen LogP contribution < -0.4 is 9.80 Å². The van der Waals surface area contributed by atoms with Crippen LogP contribution in [0.2, 0.25) is 0 Å². The summed E-state index contributed by atoms with van der Waals surface area (Å²) in [4.78, 5) is 31.9. The molecule has 0 bridgehead atoms. The number of anilines is 2. The second-order valence-corrected chi connectivity index (χ2v) is 6.78. The van der Waals surface area contributed by atoms with Crippen molar-refractivity contribution >= 4 is 23.2 Å². The lowest BCUT2D eigenvalue weighted by atomic mass is 10.2. The summed E-state index contributed by atoms with van der Waals surface area (Å²) in [5.74, 6) is 0.0107. The summed E-state index contributed by atoms with van der Waals surface area (Å²) in [6, 6.07) is 19.6. The first-order chi connectivity index (χ1) is 12.9. The van der Waals surface area contributed by atoms with Gasteiger partial charge in [-0.3, -0.25) is 9.59 Å². The van der Waals surface area contributed by atoms with E-state index in [1.54, 1.807) is 38.0 Å². The lowest BCUT2D eigenvalue weighted by Crippen LogP contribution is -2.46. The van der Waals surface area contributed by atoms with Crippen LogP contribution >= 0.6 is 0 Å². The highest BCUT2D eigenvalue weighted by Crippen LogP contribution is 2.19. The Balaban J connectivity index is 2.30. The van der Waals surface area contributed by atoms with E-state index in [-0.39, 0.29) is 24.9 Å². The van der Waals surface area contributed by atoms with E-state index in [1.165, 1.54) is 0 Å². The van der Waals surface area contributed by atoms with Gasteiger partial charge in [-0.1, -0.05) is 36.4 Å². The lowest BCUT2D eigenvalue weighted by molar-refractivity contribution is -0.127. The summed E-state index contributed by atoms with van der Waals surface area (Å²) in [5.41, 5.74) is 1.87. The summed E-state index contributed by atoms with van der Waals surface area (Å²) >= 11 is 0. The minimum absolute atomic E-state index is 0.00537. The molecule has 27 heavy (non-hydrogen) atoms. The van der Waals surface area contributed by atoms with Crippen LogP contribution in [0.25, 0.3) is 0 Å². The van der Waals surface area contributed by atoms with Crippen LogP contribution in [0.15, 0.2) is 60.7 Å². The second kappa shape index (κ2) is 9.62. The van der Waals surface area contributed by atoms with E-state index in [0.29, 0.717) is 6.67 Å². The van der Waals surface area contributed by atoms with Gasteiger partial charge in [0.1, 0.15) is 0 Å². The average Bonchev–Trinajstić information content (AvgIpc) is 2.67. The molecular weight excluding hydrogens is 340 g/mol. The normalized spacial score (nSPS) is 10.2. The number of hydrogen-bond donors (Lipinski definition) is 0. The predicted molar refractivity (Wildman–Crippen MR) is 110 cm³/mol. The Labute approximate surface area is 161 Å². The van der Waals surface area contributed by atoms with Gasteiger partial charge in [0, 0.05) is 39.6 Å². The SMILES string of the molecule is CN(C)C(=O)CN(CN(CC(=O)N(C)C)c1ccccc1)c1ccccc1. The number of rotatable bonds is 8. The van der Waals surface area contributed by atoms with Crippen molar-refractivity contribution in [2.45, 2.75) is 0 Å². The molecule has 0 aliphatic rings. The number of amides is 2. The number of hydrogen-bond acceptors (Lipinski definition) is 4. The third-order valence-corrected chi connectivity index (χ3v) is 4.23. The Bertz CT molecular complexity index is 669. The van der Waals surface area contributed by atoms with Gasteiger partial charge < -0.3 is 19.6 Å². The third kappa shape index (κ3) is 6.02. The topological polar surface area (TPSA) is 47.1 Å². The van der Waals surface area contributed by atoms with E-state index in [4.69, 9.17) is 0 Å². The van der Waals surface area contributed by atoms with Crippen molar-refractivity contribution in [3.8, 4) is 0 Å². The molecule has 2 aromatic rings. The molecule has 0 heterocycles. The van der Waals surface area contributed by atoms with Crippen LogP contribution in [0, 0.1) is 0 Å². The van der Waals surface area contributed by atoms with Gasteiger partial charge in [-0.05, 0) is 24.3 Å². The highest BCUT2D eigenvalue weighted by Gasteiger charge is 2.19. The highest BCUT2D eigenvalue weighted by atomic mass is 16.2. The number of benzene rings is 2. The smallest absolute Gasteiger partial charge is 0.241 e. The van der Waals surface area contributed by atoms with Crippen LogP contribution in [0.4, 0.5) is 11.4 Å². The van der Waals surface area contributed by atoms with E-state index in [1.807, 2.05) is 70.5 Å². The molecule has 6 heteroatoms. The maximum atomic E-state index is 12.4. The Hall–Kier alpha value is -3.02. The van der Waals surface area contributed by atoms with Crippen LogP contribution in [0.5, 0.6) is 0 Å². The Morgan fingerprint density at radius 1 is 0.630 bits per heavy atom. The molecule has 6 nitrogen and oxygen atoms in total. The van der Waals surface area contributed by atoms with Crippen molar-refractivity contribution in [3.05, 3.63) is 60.7 Å². The first-order valence-electron chi connectivity index (χ1n) is 8.88. The molecule has 2 rings (SSSR count). The van der Waals surface area contributed by atoms with E-state index in [0.717, 1.165) is 11.4 Å². The molecule has 0 atom stereocenters. The fourth-order valence-electron chi connectivity index (χ4n) is 2.54. The molecule has 2 aromatic carbocycles. The fourth-order valence-corrected chi connectivity index (χ4v) is 2.54. The van der Waals surface area contributed by atoms with Crippen LogP contribution in [-0.4, -0.2) is 69.6 Å². The minimum atomic E-state index is 0.00537. The summed E-state index contributed by atoms with van der Waals surface area (Å²) in [5, 5.41) is 0. The number of nitrogens with zero attached hydrogens (tertiary/aromatic N) is 4. The van der Waals surface area contributed by atoms with Gasteiger partial charge in [0.25, 0.3) is 0 Å². The zero-order chi connectivity index (χ0) is 19.8. The van der Waals surface area contributed by atoms with Gasteiger partial charge in [0.15, 0.2) is 0 Å². The van der Waals surface area contributed by atoms with E-state index in [9.17, 15) is 9.59 Å². The zero-order valence-electron chi connectivity index (χ0n) is 16.5. The standard InChI is InChI=1S/C21H28N4O2/c1-22(2)20(26)15-24(18-11-7-5-8-12-18)17-25(16-21(27)23(3)4)19-13-9-6-10-14-19/h5-14H,15-17H2,1-4H3. The number of para-hydroxylation sites is 2. The molecule has 0 aliphatic heterocycles. The van der Waals surface area contributed by atoms with Crippen molar-refractivity contribution in [1.29, 1.82) is 0 Å². The summed E-state index contributed by atoms with van der Waals surface area (Å²) in [7, 11) is 6.98. The molecule has 0 aromatic heterocycles. The summed E-state index contributed by atoms with van der Waals surface area (Å²) in [6.07, 6.45) is 0. The Kier molecular flexibility index (Phi) is 7.23. The second-order valence-electron chi connectivity index (χ2n) is 6.78. The monoisotopic (exact) mass is 368 g/mol. The van der Waals surface area contributed by atoms with Crippen molar-refractivity contribution in [3.63, 3.8) is 0 Å². The maximum absolute atomic E-state index is 12.4. The average molecular weight is 368 g/mol. The van der Waals surface area contributed by atoms with Crippen LogP contribution in [0.3, 0.4) is 0 Å². The van der Waals surface area contributed by atoms with E-state index >= 15 is 0 Å². The number of carbonyl (C=O) groups is 2. The van der Waals surface area contributed by atoms with E-state index in [2.05, 4.69) is 0 Å². The first-order valence-corrected chi connectivity index (χ1v) is 8.88. The zero-order valence-corrected chi connectivity index (χ0v) is 16.5. The molecule has 0 spiro atoms. The molecule has 0 saturated heterocycles. The molecule has 0 fully saturated rings. The van der Waals surface area contributed by atoms with Gasteiger partial charge in [0.2, 0.25) is 11.8 Å². The van der Waals surface area contributed by atoms with Gasteiger partial charge in [-0.25, -0.2) is 0 Å². The Morgan fingerprint density at radius 2 is 0.963 bits per heavy atom. The fraction of sp³-hybridized carbons (Fsp3) is 0.333. The quantitative estimate of drug-likeness (QED) is 0.670. The molecule has 0 unspecified atom stereocenters. The predicted octanol–water partition coefficient (Wildman–Crippen LogP) is 2.13. The largest absolute Gasteiger partial charge is 0.347 e. The summed E-state index contributed by atoms with van der Waals surface area (Å²) in [6.45, 7) is 0.889. The molecule has 0 radical (unpaired) electrons. The van der Waals surface area contributed by atoms with Gasteiger partial charge >= 0.3 is 0 Å². The molecule has 144 valence electrons. The van der Waals surface area contributed by atoms with Crippen molar-refractivity contribution in [2.24, 2.45) is 0 Å². The molecule has 2 amide bonds. The molecular formula is C21H28N4O2. The minimum Gasteiger partial charge on any atom is -0.347 e. The number of likely N-dealkylation sites (N-methyl/N-ethyl adjacent to an activating group) is 2. The Morgan fingerprint density at radius 3 is 1.26 bits per heavy atom. The number of carbonyl (C=O) groups excluding carboxylic acids is 2. The van der Waals surface area contributed by atoms with E-state index < -0.39 is 0 Å². The van der Waals surface area contributed by atoms with Crippen molar-refractivity contribution in [2.75, 3.05) is 57.7 Å². The van der Waals surface area contributed by atoms with Gasteiger partial charge in [-0.2, -0.15) is 0 Å². The van der Waals surface area contributed by atoms with Crippen molar-refractivity contribution in [1.82, 2.24) is 9.80 Å². The van der Waals surface area contributed by atoms with Crippen molar-refractivity contribution < 1.29 is 9.59 Å². The maximum Gasteiger partial charge on any atom is 0.241 e. The first kappa shape index (κ1) is 20.3. The lowest BCUT2D eigenvalue weighted by Gasteiger charge is -2.34. The molecule has 0 N–H and O–H groups in total. The van der Waals surface area contributed by atoms with Crippen LogP contribution in [0.1, 0.15) is 0 Å². The third-order valence-electron chi connectivity index (χ3n) is 4.23. The molecule has 0 aliphatic carbocycles. The summed E-state index contributed by atoms with van der Waals surface area (Å²) < 4.78 is 0. The van der Waals surface area contributed by atoms with Crippen LogP contribution in [-0.2, 0) is 9.59 Å². The van der Waals surface area contributed by atoms with Gasteiger partial charge in [-0.15, -0.1) is 0 Å². The van der Waals surface area contributed by atoms with Gasteiger partial charge in [0.05, 0.1) is 19.8 Å². The molecule has 0 saturated carbocycles.